The fourth-order valence-electron chi connectivity index (χ4n) is 4.42. The first-order chi connectivity index (χ1) is 19.9. The van der Waals surface area contributed by atoms with Crippen LogP contribution in [0.25, 0.3) is 22.0 Å². The second-order valence-corrected chi connectivity index (χ2v) is 9.92. The van der Waals surface area contributed by atoms with Crippen LogP contribution in [0.5, 0.6) is 23.0 Å². The number of fused-ring (bicyclic) bond motifs is 2. The van der Waals surface area contributed by atoms with Gasteiger partial charge in [-0.05, 0) is 50.6 Å². The number of anilines is 1. The number of pyridine rings is 2. The summed E-state index contributed by atoms with van der Waals surface area (Å²) in [6.07, 6.45) is 4.82. The van der Waals surface area contributed by atoms with Gasteiger partial charge in [0.25, 0.3) is 5.91 Å². The Hall–Kier alpha value is -5.25. The number of carbonyl (C=O) groups is 1. The van der Waals surface area contributed by atoms with Crippen LogP contribution in [0.3, 0.4) is 0 Å². The third kappa shape index (κ3) is 5.31. The van der Waals surface area contributed by atoms with Gasteiger partial charge in [-0.15, -0.1) is 0 Å². The summed E-state index contributed by atoms with van der Waals surface area (Å²) < 4.78 is 19.1. The molecule has 0 aliphatic carbocycles. The van der Waals surface area contributed by atoms with Crippen LogP contribution in [0.2, 0.25) is 0 Å². The smallest absolute Gasteiger partial charge is 0.281 e. The van der Waals surface area contributed by atoms with E-state index in [4.69, 9.17) is 14.2 Å². The summed E-state index contributed by atoms with van der Waals surface area (Å²) in [5.41, 5.74) is 2.23. The normalized spacial score (nSPS) is 12.4. The van der Waals surface area contributed by atoms with Crippen molar-refractivity contribution in [3.05, 3.63) is 94.7 Å². The lowest BCUT2D eigenvalue weighted by atomic mass is 10.0. The van der Waals surface area contributed by atoms with E-state index in [-0.39, 0.29) is 17.6 Å². The number of aromatic nitrogens is 4. The van der Waals surface area contributed by atoms with Crippen LogP contribution >= 0.6 is 0 Å². The molecule has 206 valence electrons. The van der Waals surface area contributed by atoms with Crippen LogP contribution in [-0.2, 0) is 0 Å². The van der Waals surface area contributed by atoms with Gasteiger partial charge in [-0.1, -0.05) is 29.8 Å². The highest BCUT2D eigenvalue weighted by atomic mass is 16.6. The molecule has 0 radical (unpaired) electrons. The SMILES string of the molecule is Cc1ccc(-c2cn(C(C)C)nc(C(=O)Nc3ccc(Oc4ccnc5cc6c(cc45)OCCO6)cn3)c2=O)cc1. The van der Waals surface area contributed by atoms with E-state index in [9.17, 15) is 9.59 Å². The van der Waals surface area contributed by atoms with Crippen molar-refractivity contribution < 1.29 is 19.0 Å². The number of hydrogen-bond acceptors (Lipinski definition) is 8. The van der Waals surface area contributed by atoms with Crippen LogP contribution < -0.4 is 25.0 Å². The number of hydrogen-bond donors (Lipinski definition) is 1. The molecule has 0 atom stereocenters. The fraction of sp³-hybridized carbons (Fsp3) is 0.194. The van der Waals surface area contributed by atoms with E-state index in [1.54, 1.807) is 35.3 Å². The topological polar surface area (TPSA) is 117 Å². The molecule has 3 aromatic heterocycles. The first kappa shape index (κ1) is 26.0. The second-order valence-electron chi connectivity index (χ2n) is 9.92. The molecule has 4 heterocycles. The molecular weight excluding hydrogens is 522 g/mol. The average molecular weight is 550 g/mol. The number of carbonyl (C=O) groups excluding carboxylic acids is 1. The maximum absolute atomic E-state index is 13.3. The van der Waals surface area contributed by atoms with Gasteiger partial charge < -0.3 is 19.5 Å². The summed E-state index contributed by atoms with van der Waals surface area (Å²) >= 11 is 0. The van der Waals surface area contributed by atoms with E-state index in [2.05, 4.69) is 20.4 Å². The van der Waals surface area contributed by atoms with Crippen molar-refractivity contribution in [2.24, 2.45) is 0 Å². The van der Waals surface area contributed by atoms with Gasteiger partial charge in [0, 0.05) is 35.5 Å². The van der Waals surface area contributed by atoms with Crippen LogP contribution in [0.15, 0.2) is 78.0 Å². The molecule has 0 spiro atoms. The minimum atomic E-state index is -0.647. The van der Waals surface area contributed by atoms with Crippen LogP contribution in [-0.4, -0.2) is 38.9 Å². The third-order valence-corrected chi connectivity index (χ3v) is 6.61. The largest absolute Gasteiger partial charge is 0.486 e. The zero-order valence-corrected chi connectivity index (χ0v) is 22.7. The van der Waals surface area contributed by atoms with E-state index < -0.39 is 11.3 Å². The molecule has 0 bridgehead atoms. The van der Waals surface area contributed by atoms with E-state index in [0.717, 1.165) is 10.9 Å². The Bertz CT molecular complexity index is 1820. The summed E-state index contributed by atoms with van der Waals surface area (Å²) in [6, 6.07) is 16.2. The first-order valence-electron chi connectivity index (χ1n) is 13.2. The Morgan fingerprint density at radius 3 is 2.46 bits per heavy atom. The zero-order valence-electron chi connectivity index (χ0n) is 22.7. The van der Waals surface area contributed by atoms with Crippen LogP contribution in [0, 0.1) is 6.92 Å². The Morgan fingerprint density at radius 1 is 1.00 bits per heavy atom. The molecule has 0 unspecified atom stereocenters. The Morgan fingerprint density at radius 2 is 1.76 bits per heavy atom. The standard InChI is InChI=1S/C31H27N5O5/c1-18(2)36-17-23(20-6-4-19(3)5-7-20)30(37)29(35-36)31(38)34-28-9-8-21(16-33-28)41-25-10-11-32-24-15-27-26(14-22(24)25)39-12-13-40-27/h4-11,14-18H,12-13H2,1-3H3,(H,33,34,38). The number of amides is 1. The number of aryl methyl sites for hydroxylation is 1. The fourth-order valence-corrected chi connectivity index (χ4v) is 4.42. The molecule has 0 fully saturated rings. The number of nitrogens with one attached hydrogen (secondary N) is 1. The van der Waals surface area contributed by atoms with E-state index in [1.165, 1.54) is 6.20 Å². The summed E-state index contributed by atoms with van der Waals surface area (Å²) in [5, 5.41) is 7.76. The lowest BCUT2D eigenvalue weighted by molar-refractivity contribution is 0.101. The second kappa shape index (κ2) is 10.7. The molecule has 1 amide bonds. The van der Waals surface area contributed by atoms with Gasteiger partial charge >= 0.3 is 0 Å². The summed E-state index contributed by atoms with van der Waals surface area (Å²) in [6.45, 7) is 6.80. The Kier molecular flexibility index (Phi) is 6.80. The highest BCUT2D eigenvalue weighted by Gasteiger charge is 2.20. The molecule has 1 N–H and O–H groups in total. The quantitative estimate of drug-likeness (QED) is 0.293. The number of ether oxygens (including phenoxy) is 3. The summed E-state index contributed by atoms with van der Waals surface area (Å²) in [7, 11) is 0. The highest BCUT2D eigenvalue weighted by Crippen LogP contribution is 2.38. The lowest BCUT2D eigenvalue weighted by Crippen LogP contribution is -2.28. The predicted octanol–water partition coefficient (Wildman–Crippen LogP) is 5.56. The molecule has 10 heteroatoms. The van der Waals surface area contributed by atoms with Crippen molar-refractivity contribution in [2.45, 2.75) is 26.8 Å². The van der Waals surface area contributed by atoms with Gasteiger partial charge in [0.15, 0.2) is 17.2 Å². The molecule has 1 aliphatic heterocycles. The molecule has 0 saturated heterocycles. The highest BCUT2D eigenvalue weighted by molar-refractivity contribution is 6.02. The Labute approximate surface area is 235 Å². The van der Waals surface area contributed by atoms with Gasteiger partial charge in [-0.2, -0.15) is 5.10 Å². The van der Waals surface area contributed by atoms with Gasteiger partial charge in [0.1, 0.15) is 30.5 Å². The number of benzene rings is 2. The number of rotatable bonds is 6. The van der Waals surface area contributed by atoms with Crippen LogP contribution in [0.4, 0.5) is 5.82 Å². The van der Waals surface area contributed by atoms with Crippen molar-refractivity contribution in [1.82, 2.24) is 19.7 Å². The molecule has 1 aliphatic rings. The van der Waals surface area contributed by atoms with Gasteiger partial charge in [-0.3, -0.25) is 19.3 Å². The van der Waals surface area contributed by atoms with E-state index >= 15 is 0 Å². The number of nitrogens with zero attached hydrogens (tertiary/aromatic N) is 4. The zero-order chi connectivity index (χ0) is 28.5. The first-order valence-corrected chi connectivity index (χ1v) is 13.2. The lowest BCUT2D eigenvalue weighted by Gasteiger charge is -2.19. The van der Waals surface area contributed by atoms with Crippen molar-refractivity contribution in [3.63, 3.8) is 0 Å². The predicted molar refractivity (Wildman–Crippen MR) is 154 cm³/mol. The molecule has 0 saturated carbocycles. The molecule has 6 rings (SSSR count). The molecule has 5 aromatic rings. The minimum Gasteiger partial charge on any atom is -0.486 e. The molecule has 41 heavy (non-hydrogen) atoms. The summed E-state index contributed by atoms with van der Waals surface area (Å²) in [4.78, 5) is 35.2. The van der Waals surface area contributed by atoms with Crippen molar-refractivity contribution in [1.29, 1.82) is 0 Å². The van der Waals surface area contributed by atoms with Crippen LogP contribution in [0.1, 0.15) is 35.9 Å². The third-order valence-electron chi connectivity index (χ3n) is 6.61. The maximum atomic E-state index is 13.3. The maximum Gasteiger partial charge on any atom is 0.281 e. The van der Waals surface area contributed by atoms with E-state index in [0.29, 0.717) is 52.9 Å². The minimum absolute atomic E-state index is 0.0604. The van der Waals surface area contributed by atoms with Crippen molar-refractivity contribution in [3.8, 4) is 34.1 Å². The summed E-state index contributed by atoms with van der Waals surface area (Å²) in [5.74, 6) is 1.90. The van der Waals surface area contributed by atoms with Gasteiger partial charge in [0.05, 0.1) is 11.7 Å². The van der Waals surface area contributed by atoms with Crippen molar-refractivity contribution >= 4 is 22.6 Å². The molecule has 10 nitrogen and oxygen atoms in total. The average Bonchev–Trinajstić information content (AvgIpc) is 2.98. The van der Waals surface area contributed by atoms with Gasteiger partial charge in [-0.25, -0.2) is 4.98 Å². The van der Waals surface area contributed by atoms with Gasteiger partial charge in [0.2, 0.25) is 5.43 Å². The molecule has 2 aromatic carbocycles. The Balaban J connectivity index is 1.24. The van der Waals surface area contributed by atoms with Crippen molar-refractivity contribution in [2.75, 3.05) is 18.5 Å². The molecular formula is C31H27N5O5. The monoisotopic (exact) mass is 549 g/mol. The van der Waals surface area contributed by atoms with E-state index in [1.807, 2.05) is 57.2 Å².